The first-order valence-corrected chi connectivity index (χ1v) is 5.05. The highest BCUT2D eigenvalue weighted by atomic mass is 16.5. The Labute approximate surface area is 99.1 Å². The van der Waals surface area contributed by atoms with Gasteiger partial charge >= 0.3 is 0 Å². The van der Waals surface area contributed by atoms with Crippen LogP contribution in [-0.2, 0) is 9.59 Å². The molecular weight excluding hydrogens is 222 g/mol. The molecule has 0 fully saturated rings. The van der Waals surface area contributed by atoms with E-state index in [9.17, 15) is 9.59 Å². The zero-order valence-electron chi connectivity index (χ0n) is 9.53. The van der Waals surface area contributed by atoms with E-state index in [1.54, 1.807) is 24.3 Å². The van der Waals surface area contributed by atoms with Gasteiger partial charge in [-0.3, -0.25) is 14.9 Å². The van der Waals surface area contributed by atoms with Crippen molar-refractivity contribution >= 4 is 17.5 Å². The van der Waals surface area contributed by atoms with Crippen molar-refractivity contribution in [1.29, 1.82) is 0 Å². The molecule has 0 aromatic heterocycles. The van der Waals surface area contributed by atoms with Gasteiger partial charge in [0.15, 0.2) is 0 Å². The van der Waals surface area contributed by atoms with Crippen LogP contribution in [0.4, 0.5) is 5.69 Å². The number of primary amides is 1. The smallest absolute Gasteiger partial charge is 0.238 e. The molecule has 0 spiro atoms. The normalized spacial score (nSPS) is 9.71. The van der Waals surface area contributed by atoms with E-state index in [4.69, 9.17) is 10.5 Å². The number of methoxy groups -OCH3 is 1. The van der Waals surface area contributed by atoms with Crippen LogP contribution in [0.5, 0.6) is 5.75 Å². The van der Waals surface area contributed by atoms with Crippen molar-refractivity contribution in [1.82, 2.24) is 5.32 Å². The summed E-state index contributed by atoms with van der Waals surface area (Å²) in [7, 11) is 1.52. The summed E-state index contributed by atoms with van der Waals surface area (Å²) >= 11 is 0. The molecule has 0 unspecified atom stereocenters. The van der Waals surface area contributed by atoms with Crippen LogP contribution in [0.15, 0.2) is 24.3 Å². The molecule has 2 amide bonds. The number of carbonyl (C=O) groups is 2. The highest BCUT2D eigenvalue weighted by molar-refractivity contribution is 5.93. The first-order chi connectivity index (χ1) is 8.13. The first-order valence-electron chi connectivity index (χ1n) is 5.05. The Balaban J connectivity index is 2.47. The summed E-state index contributed by atoms with van der Waals surface area (Å²) in [5, 5.41) is 5.27. The lowest BCUT2D eigenvalue weighted by molar-refractivity contribution is -0.117. The maximum Gasteiger partial charge on any atom is 0.238 e. The van der Waals surface area contributed by atoms with Gasteiger partial charge in [-0.2, -0.15) is 0 Å². The summed E-state index contributed by atoms with van der Waals surface area (Å²) in [6.45, 7) is -0.0136. The standard InChI is InChI=1S/C11H15N3O3/c1-17-9-5-3-2-4-8(9)14-11(16)7-13-6-10(12)15/h2-5,13H,6-7H2,1H3,(H2,12,15)(H,14,16). The second-order valence-electron chi connectivity index (χ2n) is 3.32. The van der Waals surface area contributed by atoms with Gasteiger partial charge in [0.2, 0.25) is 11.8 Å². The highest BCUT2D eigenvalue weighted by Gasteiger charge is 2.06. The van der Waals surface area contributed by atoms with Crippen molar-refractivity contribution in [3.63, 3.8) is 0 Å². The Hall–Kier alpha value is -2.08. The largest absolute Gasteiger partial charge is 0.495 e. The Bertz CT molecular complexity index is 407. The molecule has 0 saturated carbocycles. The van der Waals surface area contributed by atoms with Crippen LogP contribution in [0.25, 0.3) is 0 Å². The fraction of sp³-hybridized carbons (Fsp3) is 0.273. The highest BCUT2D eigenvalue weighted by Crippen LogP contribution is 2.22. The first kappa shape index (κ1) is 13.0. The fourth-order valence-electron chi connectivity index (χ4n) is 1.24. The summed E-state index contributed by atoms with van der Waals surface area (Å²) in [6, 6.07) is 7.06. The van der Waals surface area contributed by atoms with Gasteiger partial charge in [-0.25, -0.2) is 0 Å². The van der Waals surface area contributed by atoms with E-state index >= 15 is 0 Å². The average Bonchev–Trinajstić information content (AvgIpc) is 2.29. The zero-order valence-corrected chi connectivity index (χ0v) is 9.53. The number of benzene rings is 1. The Morgan fingerprint density at radius 2 is 2.00 bits per heavy atom. The molecular formula is C11H15N3O3. The minimum atomic E-state index is -0.505. The van der Waals surface area contributed by atoms with E-state index in [2.05, 4.69) is 10.6 Å². The molecule has 1 aromatic carbocycles. The number of nitrogens with two attached hydrogens (primary N) is 1. The zero-order chi connectivity index (χ0) is 12.7. The lowest BCUT2D eigenvalue weighted by Crippen LogP contribution is -2.34. The quantitative estimate of drug-likeness (QED) is 0.633. The van der Waals surface area contributed by atoms with Crippen LogP contribution in [0.1, 0.15) is 0 Å². The van der Waals surface area contributed by atoms with Crippen molar-refractivity contribution in [3.05, 3.63) is 24.3 Å². The predicted octanol–water partition coefficient (Wildman–Crippen LogP) is -0.291. The fourth-order valence-corrected chi connectivity index (χ4v) is 1.24. The minimum Gasteiger partial charge on any atom is -0.495 e. The lowest BCUT2D eigenvalue weighted by atomic mass is 10.3. The summed E-state index contributed by atoms with van der Waals surface area (Å²) in [5.41, 5.74) is 5.51. The number of carbonyl (C=O) groups excluding carboxylic acids is 2. The molecule has 0 radical (unpaired) electrons. The van der Waals surface area contributed by atoms with Gasteiger partial charge in [0.25, 0.3) is 0 Å². The number of anilines is 1. The van der Waals surface area contributed by atoms with E-state index in [0.29, 0.717) is 11.4 Å². The van der Waals surface area contributed by atoms with Crippen LogP contribution in [0, 0.1) is 0 Å². The third-order valence-corrected chi connectivity index (χ3v) is 1.97. The Morgan fingerprint density at radius 1 is 1.29 bits per heavy atom. The monoisotopic (exact) mass is 237 g/mol. The summed E-state index contributed by atoms with van der Waals surface area (Å²) in [6.07, 6.45) is 0. The molecule has 0 bridgehead atoms. The van der Waals surface area contributed by atoms with Crippen molar-refractivity contribution < 1.29 is 14.3 Å². The second-order valence-corrected chi connectivity index (χ2v) is 3.32. The van der Waals surface area contributed by atoms with Gasteiger partial charge in [0.05, 0.1) is 25.9 Å². The van der Waals surface area contributed by atoms with Crippen molar-refractivity contribution in [2.75, 3.05) is 25.5 Å². The SMILES string of the molecule is COc1ccccc1NC(=O)CNCC(N)=O. The number of amides is 2. The molecule has 0 atom stereocenters. The molecule has 6 nitrogen and oxygen atoms in total. The van der Waals surface area contributed by atoms with E-state index < -0.39 is 5.91 Å². The maximum atomic E-state index is 11.5. The van der Waals surface area contributed by atoms with Crippen molar-refractivity contribution in [2.24, 2.45) is 5.73 Å². The summed E-state index contributed by atoms with van der Waals surface area (Å²) in [4.78, 5) is 21.9. The van der Waals surface area contributed by atoms with E-state index in [1.807, 2.05) is 0 Å². The molecule has 0 heterocycles. The van der Waals surface area contributed by atoms with Gasteiger partial charge < -0.3 is 15.8 Å². The van der Waals surface area contributed by atoms with Gasteiger partial charge in [-0.05, 0) is 12.1 Å². The Kier molecular flexibility index (Phi) is 4.96. The molecule has 1 rings (SSSR count). The lowest BCUT2D eigenvalue weighted by Gasteiger charge is -2.09. The van der Waals surface area contributed by atoms with E-state index in [1.165, 1.54) is 7.11 Å². The van der Waals surface area contributed by atoms with Gasteiger partial charge in [-0.15, -0.1) is 0 Å². The number of hydrogen-bond donors (Lipinski definition) is 3. The molecule has 4 N–H and O–H groups in total. The van der Waals surface area contributed by atoms with Crippen LogP contribution in [-0.4, -0.2) is 32.0 Å². The molecule has 92 valence electrons. The van der Waals surface area contributed by atoms with Crippen molar-refractivity contribution in [2.45, 2.75) is 0 Å². The number of para-hydroxylation sites is 2. The van der Waals surface area contributed by atoms with Gasteiger partial charge in [0, 0.05) is 0 Å². The predicted molar refractivity (Wildman–Crippen MR) is 63.7 cm³/mol. The molecule has 0 saturated heterocycles. The molecule has 0 aliphatic carbocycles. The number of ether oxygens (including phenoxy) is 1. The van der Waals surface area contributed by atoms with Crippen LogP contribution >= 0.6 is 0 Å². The number of nitrogens with one attached hydrogen (secondary N) is 2. The molecule has 6 heteroatoms. The average molecular weight is 237 g/mol. The molecule has 0 aliphatic rings. The van der Waals surface area contributed by atoms with Gasteiger partial charge in [-0.1, -0.05) is 12.1 Å². The molecule has 17 heavy (non-hydrogen) atoms. The second kappa shape index (κ2) is 6.49. The Morgan fingerprint density at radius 3 is 2.65 bits per heavy atom. The minimum absolute atomic E-state index is 0.0149. The number of hydrogen-bond acceptors (Lipinski definition) is 4. The van der Waals surface area contributed by atoms with Crippen molar-refractivity contribution in [3.8, 4) is 5.75 Å². The maximum absolute atomic E-state index is 11.5. The van der Waals surface area contributed by atoms with E-state index in [-0.39, 0.29) is 19.0 Å². The van der Waals surface area contributed by atoms with Crippen LogP contribution < -0.4 is 21.1 Å². The van der Waals surface area contributed by atoms with E-state index in [0.717, 1.165) is 0 Å². The molecule has 0 aliphatic heterocycles. The van der Waals surface area contributed by atoms with Crippen LogP contribution in [0.2, 0.25) is 0 Å². The third kappa shape index (κ3) is 4.52. The summed E-state index contributed by atoms with van der Waals surface area (Å²) < 4.78 is 5.08. The summed E-state index contributed by atoms with van der Waals surface area (Å²) in [5.74, 6) is -0.193. The van der Waals surface area contributed by atoms with Gasteiger partial charge in [0.1, 0.15) is 5.75 Å². The molecule has 1 aromatic rings. The third-order valence-electron chi connectivity index (χ3n) is 1.97. The topological polar surface area (TPSA) is 93.4 Å². The number of rotatable bonds is 6. The van der Waals surface area contributed by atoms with Crippen LogP contribution in [0.3, 0.4) is 0 Å².